The lowest BCUT2D eigenvalue weighted by Gasteiger charge is -2.30. The summed E-state index contributed by atoms with van der Waals surface area (Å²) in [5.41, 5.74) is 0. The van der Waals surface area contributed by atoms with Crippen LogP contribution in [0.1, 0.15) is 27.2 Å². The van der Waals surface area contributed by atoms with Gasteiger partial charge in [0.05, 0.1) is 6.61 Å². The van der Waals surface area contributed by atoms with E-state index in [0.717, 1.165) is 19.5 Å². The van der Waals surface area contributed by atoms with Crippen LogP contribution in [0.2, 0.25) is 0 Å². The zero-order valence-electron chi connectivity index (χ0n) is 11.3. The molecule has 0 aromatic rings. The Balaban J connectivity index is 2.44. The van der Waals surface area contributed by atoms with Crippen molar-refractivity contribution in [3.05, 3.63) is 0 Å². The summed E-state index contributed by atoms with van der Waals surface area (Å²) in [6.07, 6.45) is -3.57. The number of halogens is 3. The number of nitrogens with one attached hydrogen (secondary N) is 1. The molecule has 3 nitrogen and oxygen atoms in total. The fourth-order valence-electron chi connectivity index (χ4n) is 2.19. The quantitative estimate of drug-likeness (QED) is 0.846. The molecule has 1 aliphatic heterocycles. The molecule has 1 fully saturated rings. The van der Waals surface area contributed by atoms with Crippen LogP contribution < -0.4 is 5.32 Å². The van der Waals surface area contributed by atoms with Crippen LogP contribution in [0.3, 0.4) is 0 Å². The minimum Gasteiger partial charge on any atom is -0.312 e. The fourth-order valence-corrected chi connectivity index (χ4v) is 2.19. The summed E-state index contributed by atoms with van der Waals surface area (Å²) >= 11 is 0. The largest absolute Gasteiger partial charge is 0.522 e. The molecule has 0 aliphatic carbocycles. The monoisotopic (exact) mass is 268 g/mol. The van der Waals surface area contributed by atoms with Gasteiger partial charge in [0, 0.05) is 25.2 Å². The molecular formula is C12H23F3N2O. The summed E-state index contributed by atoms with van der Waals surface area (Å²) < 4.78 is 39.7. The highest BCUT2D eigenvalue weighted by molar-refractivity contribution is 4.82. The predicted octanol–water partition coefficient (Wildman–Crippen LogP) is 2.23. The summed E-state index contributed by atoms with van der Waals surface area (Å²) in [5, 5.41) is 3.44. The van der Waals surface area contributed by atoms with Gasteiger partial charge in [0.25, 0.3) is 0 Å². The van der Waals surface area contributed by atoms with Crippen molar-refractivity contribution in [2.24, 2.45) is 5.92 Å². The Hall–Kier alpha value is -0.330. The summed E-state index contributed by atoms with van der Waals surface area (Å²) in [6, 6.07) is 0.624. The maximum atomic E-state index is 11.9. The van der Waals surface area contributed by atoms with E-state index in [1.54, 1.807) is 0 Å². The number of rotatable bonds is 4. The molecule has 0 amide bonds. The third-order valence-corrected chi connectivity index (χ3v) is 3.47. The summed E-state index contributed by atoms with van der Waals surface area (Å²) in [5.74, 6) is 0.473. The molecule has 0 aromatic carbocycles. The van der Waals surface area contributed by atoms with E-state index >= 15 is 0 Å². The molecule has 108 valence electrons. The lowest BCUT2D eigenvalue weighted by molar-refractivity contribution is -0.325. The van der Waals surface area contributed by atoms with Crippen molar-refractivity contribution in [3.8, 4) is 0 Å². The minimum atomic E-state index is -4.52. The second kappa shape index (κ2) is 6.73. The number of alkyl halides is 3. The second-order valence-electron chi connectivity index (χ2n) is 5.23. The Morgan fingerprint density at radius 2 is 2.06 bits per heavy atom. The molecule has 0 aromatic heterocycles. The van der Waals surface area contributed by atoms with Crippen LogP contribution in [0.15, 0.2) is 0 Å². The molecular weight excluding hydrogens is 245 g/mol. The fraction of sp³-hybridized carbons (Fsp3) is 1.00. The van der Waals surface area contributed by atoms with Gasteiger partial charge < -0.3 is 5.32 Å². The SMILES string of the molecule is CC(C)C1CN(CCOC(F)(F)F)C(C)CCN1. The third-order valence-electron chi connectivity index (χ3n) is 3.47. The van der Waals surface area contributed by atoms with E-state index in [9.17, 15) is 13.2 Å². The molecule has 1 rings (SSSR count). The lowest BCUT2D eigenvalue weighted by Crippen LogP contribution is -2.44. The second-order valence-corrected chi connectivity index (χ2v) is 5.23. The summed E-state index contributed by atoms with van der Waals surface area (Å²) in [6.45, 7) is 8.03. The van der Waals surface area contributed by atoms with E-state index in [4.69, 9.17) is 0 Å². The highest BCUT2D eigenvalue weighted by Gasteiger charge is 2.30. The van der Waals surface area contributed by atoms with Crippen LogP contribution in [0, 0.1) is 5.92 Å². The molecule has 1 saturated heterocycles. The Kier molecular flexibility index (Phi) is 5.88. The van der Waals surface area contributed by atoms with Crippen molar-refractivity contribution in [3.63, 3.8) is 0 Å². The molecule has 1 aliphatic rings. The maximum absolute atomic E-state index is 11.9. The van der Waals surface area contributed by atoms with Crippen molar-refractivity contribution < 1.29 is 17.9 Å². The van der Waals surface area contributed by atoms with E-state index in [2.05, 4.69) is 35.7 Å². The van der Waals surface area contributed by atoms with Gasteiger partial charge in [0.2, 0.25) is 0 Å². The zero-order valence-corrected chi connectivity index (χ0v) is 11.3. The number of ether oxygens (including phenoxy) is 1. The number of hydrogen-bond donors (Lipinski definition) is 1. The highest BCUT2D eigenvalue weighted by atomic mass is 19.4. The van der Waals surface area contributed by atoms with Crippen LogP contribution >= 0.6 is 0 Å². The van der Waals surface area contributed by atoms with Gasteiger partial charge in [0.15, 0.2) is 0 Å². The van der Waals surface area contributed by atoms with Crippen molar-refractivity contribution >= 4 is 0 Å². The van der Waals surface area contributed by atoms with Crippen molar-refractivity contribution in [1.82, 2.24) is 10.2 Å². The van der Waals surface area contributed by atoms with Crippen molar-refractivity contribution in [2.45, 2.75) is 45.6 Å². The van der Waals surface area contributed by atoms with E-state index in [0.29, 0.717) is 18.5 Å². The van der Waals surface area contributed by atoms with E-state index in [-0.39, 0.29) is 12.6 Å². The van der Waals surface area contributed by atoms with Crippen LogP contribution in [-0.2, 0) is 4.74 Å². The Morgan fingerprint density at radius 1 is 1.39 bits per heavy atom. The molecule has 0 saturated carbocycles. The molecule has 6 heteroatoms. The van der Waals surface area contributed by atoms with Crippen LogP contribution in [0.4, 0.5) is 13.2 Å². The molecule has 1 N–H and O–H groups in total. The van der Waals surface area contributed by atoms with Gasteiger partial charge in [-0.25, -0.2) is 0 Å². The smallest absolute Gasteiger partial charge is 0.312 e. The first-order chi connectivity index (χ1) is 8.29. The highest BCUT2D eigenvalue weighted by Crippen LogP contribution is 2.17. The normalized spacial score (nSPS) is 27.5. The van der Waals surface area contributed by atoms with Gasteiger partial charge in [-0.1, -0.05) is 13.8 Å². The van der Waals surface area contributed by atoms with E-state index in [1.165, 1.54) is 0 Å². The molecule has 0 spiro atoms. The van der Waals surface area contributed by atoms with Gasteiger partial charge in [-0.3, -0.25) is 9.64 Å². The first-order valence-electron chi connectivity index (χ1n) is 6.47. The molecule has 2 atom stereocenters. The summed E-state index contributed by atoms with van der Waals surface area (Å²) in [4.78, 5) is 2.08. The summed E-state index contributed by atoms with van der Waals surface area (Å²) in [7, 11) is 0. The number of nitrogens with zero attached hydrogens (tertiary/aromatic N) is 1. The van der Waals surface area contributed by atoms with Crippen LogP contribution in [0.25, 0.3) is 0 Å². The molecule has 1 heterocycles. The molecule has 18 heavy (non-hydrogen) atoms. The van der Waals surface area contributed by atoms with Gasteiger partial charge in [-0.2, -0.15) is 0 Å². The van der Waals surface area contributed by atoms with Crippen LogP contribution in [-0.4, -0.2) is 49.6 Å². The third kappa shape index (κ3) is 5.54. The minimum absolute atomic E-state index is 0.290. The van der Waals surface area contributed by atoms with Gasteiger partial charge in [-0.05, 0) is 25.8 Å². The first-order valence-corrected chi connectivity index (χ1v) is 6.47. The Morgan fingerprint density at radius 3 is 2.61 bits per heavy atom. The van der Waals surface area contributed by atoms with Gasteiger partial charge in [0.1, 0.15) is 0 Å². The predicted molar refractivity (Wildman–Crippen MR) is 64.3 cm³/mol. The number of hydrogen-bond acceptors (Lipinski definition) is 3. The standard InChI is InChI=1S/C12H23F3N2O/c1-9(2)11-8-17(10(3)4-5-16-11)6-7-18-12(13,14)15/h9-11,16H,4-8H2,1-3H3. The topological polar surface area (TPSA) is 24.5 Å². The lowest BCUT2D eigenvalue weighted by atomic mass is 10.0. The average Bonchev–Trinajstić information content (AvgIpc) is 2.40. The zero-order chi connectivity index (χ0) is 13.8. The van der Waals surface area contributed by atoms with Crippen molar-refractivity contribution in [1.29, 1.82) is 0 Å². The molecule has 0 bridgehead atoms. The molecule has 0 radical (unpaired) electrons. The average molecular weight is 268 g/mol. The Labute approximate surface area is 107 Å². The van der Waals surface area contributed by atoms with Crippen molar-refractivity contribution in [2.75, 3.05) is 26.2 Å². The molecule has 2 unspecified atom stereocenters. The van der Waals surface area contributed by atoms with Crippen LogP contribution in [0.5, 0.6) is 0 Å². The van der Waals surface area contributed by atoms with Gasteiger partial charge in [-0.15, -0.1) is 13.2 Å². The maximum Gasteiger partial charge on any atom is 0.522 e. The Bertz CT molecular complexity index is 246. The van der Waals surface area contributed by atoms with Gasteiger partial charge >= 0.3 is 6.36 Å². The van der Waals surface area contributed by atoms with E-state index in [1.807, 2.05) is 0 Å². The first kappa shape index (κ1) is 15.7. The van der Waals surface area contributed by atoms with E-state index < -0.39 is 6.36 Å².